The summed E-state index contributed by atoms with van der Waals surface area (Å²) in [5.41, 5.74) is 0.744. The third-order valence-electron chi connectivity index (χ3n) is 2.85. The molecule has 0 atom stereocenters. The summed E-state index contributed by atoms with van der Waals surface area (Å²) in [5, 5.41) is 13.1. The molecule has 1 aromatic heterocycles. The fraction of sp³-hybridized carbons (Fsp3) is 0.143. The lowest BCUT2D eigenvalue weighted by molar-refractivity contribution is -0.384. The van der Waals surface area contributed by atoms with Gasteiger partial charge in [-0.1, -0.05) is 12.1 Å². The zero-order chi connectivity index (χ0) is 15.2. The summed E-state index contributed by atoms with van der Waals surface area (Å²) in [6, 6.07) is 8.87. The first-order valence-corrected chi connectivity index (χ1v) is 6.20. The van der Waals surface area contributed by atoms with E-state index in [1.807, 2.05) is 0 Å². The number of nitrogens with zero attached hydrogens (tertiary/aromatic N) is 2. The van der Waals surface area contributed by atoms with Crippen LogP contribution in [-0.2, 0) is 6.42 Å². The summed E-state index contributed by atoms with van der Waals surface area (Å²) < 4.78 is 13.3. The van der Waals surface area contributed by atoms with Crippen LogP contribution in [0.5, 0.6) is 0 Å². The average Bonchev–Trinajstić information content (AvgIpc) is 2.48. The molecule has 1 N–H and O–H groups in total. The van der Waals surface area contributed by atoms with Crippen molar-refractivity contribution in [3.05, 3.63) is 69.8 Å². The van der Waals surface area contributed by atoms with Crippen LogP contribution in [0.3, 0.4) is 0 Å². The number of non-ortho nitro benzene ring substituents is 1. The number of nitro groups is 1. The largest absolute Gasteiger partial charge is 0.352 e. The van der Waals surface area contributed by atoms with Crippen LogP contribution in [0.25, 0.3) is 0 Å². The number of hydrogen-bond donors (Lipinski definition) is 1. The standard InChI is InChI=1S/C14H12FN3O3/c15-13-12(2-1-8-16-13)14(19)17-9-7-10-3-5-11(6-4-10)18(20)21/h1-6,8H,7,9H2,(H,17,19). The van der Waals surface area contributed by atoms with Gasteiger partial charge in [-0.15, -0.1) is 0 Å². The molecule has 0 saturated heterocycles. The first-order chi connectivity index (χ1) is 10.1. The van der Waals surface area contributed by atoms with Crippen molar-refractivity contribution in [2.45, 2.75) is 6.42 Å². The Morgan fingerprint density at radius 2 is 2.00 bits per heavy atom. The fourth-order valence-corrected chi connectivity index (χ4v) is 1.76. The van der Waals surface area contributed by atoms with E-state index in [0.717, 1.165) is 5.56 Å². The second-order valence-electron chi connectivity index (χ2n) is 4.27. The van der Waals surface area contributed by atoms with Crippen LogP contribution in [0, 0.1) is 16.1 Å². The maximum Gasteiger partial charge on any atom is 0.269 e. The molecule has 0 radical (unpaired) electrons. The fourth-order valence-electron chi connectivity index (χ4n) is 1.76. The van der Waals surface area contributed by atoms with Gasteiger partial charge in [0.1, 0.15) is 0 Å². The molecule has 0 aliphatic carbocycles. The Morgan fingerprint density at radius 3 is 2.62 bits per heavy atom. The van der Waals surface area contributed by atoms with Crippen molar-refractivity contribution >= 4 is 11.6 Å². The highest BCUT2D eigenvalue weighted by molar-refractivity contribution is 5.94. The van der Waals surface area contributed by atoms with Gasteiger partial charge in [-0.3, -0.25) is 14.9 Å². The Balaban J connectivity index is 1.88. The van der Waals surface area contributed by atoms with Crippen LogP contribution in [0.4, 0.5) is 10.1 Å². The maximum atomic E-state index is 13.3. The minimum Gasteiger partial charge on any atom is -0.352 e. The van der Waals surface area contributed by atoms with E-state index in [4.69, 9.17) is 0 Å². The van der Waals surface area contributed by atoms with Crippen molar-refractivity contribution in [2.75, 3.05) is 6.54 Å². The van der Waals surface area contributed by atoms with Crippen LogP contribution < -0.4 is 5.32 Å². The molecule has 0 aliphatic rings. The molecule has 108 valence electrons. The molecule has 0 unspecified atom stereocenters. The first-order valence-electron chi connectivity index (χ1n) is 6.20. The van der Waals surface area contributed by atoms with Crippen molar-refractivity contribution < 1.29 is 14.1 Å². The number of aromatic nitrogens is 1. The van der Waals surface area contributed by atoms with Gasteiger partial charge in [-0.25, -0.2) is 4.98 Å². The molecule has 2 rings (SSSR count). The zero-order valence-corrected chi connectivity index (χ0v) is 11.0. The van der Waals surface area contributed by atoms with Gasteiger partial charge in [-0.2, -0.15) is 4.39 Å². The second-order valence-corrected chi connectivity index (χ2v) is 4.27. The van der Waals surface area contributed by atoms with Gasteiger partial charge in [0.2, 0.25) is 5.95 Å². The van der Waals surface area contributed by atoms with E-state index in [2.05, 4.69) is 10.3 Å². The first kappa shape index (κ1) is 14.6. The zero-order valence-electron chi connectivity index (χ0n) is 11.0. The van der Waals surface area contributed by atoms with Gasteiger partial charge in [0, 0.05) is 24.9 Å². The van der Waals surface area contributed by atoms with E-state index in [1.165, 1.54) is 30.5 Å². The topological polar surface area (TPSA) is 85.1 Å². The van der Waals surface area contributed by atoms with Crippen molar-refractivity contribution in [3.63, 3.8) is 0 Å². The van der Waals surface area contributed by atoms with Crippen molar-refractivity contribution in [2.24, 2.45) is 0 Å². The number of halogens is 1. The van der Waals surface area contributed by atoms with Gasteiger partial charge < -0.3 is 5.32 Å². The van der Waals surface area contributed by atoms with Crippen LogP contribution in [0.15, 0.2) is 42.6 Å². The Labute approximate surface area is 119 Å². The molecule has 0 bridgehead atoms. The number of rotatable bonds is 5. The summed E-state index contributed by atoms with van der Waals surface area (Å²) in [5.74, 6) is -1.35. The lowest BCUT2D eigenvalue weighted by Gasteiger charge is -2.05. The Kier molecular flexibility index (Phi) is 4.55. The summed E-state index contributed by atoms with van der Waals surface area (Å²) in [6.45, 7) is 0.297. The molecule has 1 heterocycles. The molecule has 2 aromatic rings. The van der Waals surface area contributed by atoms with Gasteiger partial charge in [-0.05, 0) is 24.1 Å². The number of benzene rings is 1. The monoisotopic (exact) mass is 289 g/mol. The summed E-state index contributed by atoms with van der Waals surface area (Å²) >= 11 is 0. The smallest absolute Gasteiger partial charge is 0.269 e. The van der Waals surface area contributed by atoms with Crippen LogP contribution in [0.2, 0.25) is 0 Å². The van der Waals surface area contributed by atoms with Crippen molar-refractivity contribution in [1.29, 1.82) is 0 Å². The Morgan fingerprint density at radius 1 is 1.29 bits per heavy atom. The van der Waals surface area contributed by atoms with Crippen molar-refractivity contribution in [3.8, 4) is 0 Å². The van der Waals surface area contributed by atoms with E-state index >= 15 is 0 Å². The molecule has 1 aromatic carbocycles. The molecular weight excluding hydrogens is 277 g/mol. The van der Waals surface area contributed by atoms with E-state index in [9.17, 15) is 19.3 Å². The number of carbonyl (C=O) groups excluding carboxylic acids is 1. The number of amides is 1. The molecule has 0 saturated carbocycles. The normalized spacial score (nSPS) is 10.1. The lowest BCUT2D eigenvalue weighted by atomic mass is 10.1. The summed E-state index contributed by atoms with van der Waals surface area (Å²) in [4.78, 5) is 25.2. The number of hydrogen-bond acceptors (Lipinski definition) is 4. The van der Waals surface area contributed by atoms with Gasteiger partial charge in [0.05, 0.1) is 10.5 Å². The number of carbonyl (C=O) groups is 1. The molecule has 0 spiro atoms. The van der Waals surface area contributed by atoms with Crippen molar-refractivity contribution in [1.82, 2.24) is 10.3 Å². The van der Waals surface area contributed by atoms with Crippen LogP contribution >= 0.6 is 0 Å². The van der Waals surface area contributed by atoms with Crippen LogP contribution in [-0.4, -0.2) is 22.4 Å². The third kappa shape index (κ3) is 3.82. The Bertz CT molecular complexity index is 659. The molecule has 21 heavy (non-hydrogen) atoms. The number of nitrogens with one attached hydrogen (secondary N) is 1. The third-order valence-corrected chi connectivity index (χ3v) is 2.85. The predicted octanol–water partition coefficient (Wildman–Crippen LogP) is 2.10. The van der Waals surface area contributed by atoms with E-state index < -0.39 is 16.8 Å². The highest BCUT2D eigenvalue weighted by atomic mass is 19.1. The number of nitro benzene ring substituents is 1. The lowest BCUT2D eigenvalue weighted by Crippen LogP contribution is -2.26. The Hall–Kier alpha value is -2.83. The van der Waals surface area contributed by atoms with Gasteiger partial charge in [0.25, 0.3) is 11.6 Å². The van der Waals surface area contributed by atoms with Gasteiger partial charge >= 0.3 is 0 Å². The minimum atomic E-state index is -0.815. The minimum absolute atomic E-state index is 0.0141. The molecular formula is C14H12FN3O3. The SMILES string of the molecule is O=C(NCCc1ccc([N+](=O)[O-])cc1)c1cccnc1F. The molecule has 7 heteroatoms. The van der Waals surface area contributed by atoms with Gasteiger partial charge in [0.15, 0.2) is 0 Å². The number of pyridine rings is 1. The van der Waals surface area contributed by atoms with Crippen LogP contribution in [0.1, 0.15) is 15.9 Å². The predicted molar refractivity (Wildman–Crippen MR) is 73.3 cm³/mol. The quantitative estimate of drug-likeness (QED) is 0.519. The van der Waals surface area contributed by atoms with E-state index in [-0.39, 0.29) is 11.3 Å². The highest BCUT2D eigenvalue weighted by Gasteiger charge is 2.11. The molecule has 6 nitrogen and oxygen atoms in total. The second kappa shape index (κ2) is 6.56. The summed E-state index contributed by atoms with van der Waals surface area (Å²) in [7, 11) is 0. The molecule has 1 amide bonds. The van der Waals surface area contributed by atoms with E-state index in [0.29, 0.717) is 13.0 Å². The molecule has 0 aliphatic heterocycles. The van der Waals surface area contributed by atoms with E-state index in [1.54, 1.807) is 12.1 Å². The molecule has 0 fully saturated rings. The maximum absolute atomic E-state index is 13.3. The average molecular weight is 289 g/mol. The summed E-state index contributed by atoms with van der Waals surface area (Å²) in [6.07, 6.45) is 1.76. The highest BCUT2D eigenvalue weighted by Crippen LogP contribution is 2.12.